The summed E-state index contributed by atoms with van der Waals surface area (Å²) < 4.78 is 0. The van der Waals surface area contributed by atoms with Crippen LogP contribution in [-0.2, 0) is 38.7 Å². The molecular weight excluding hydrogens is 752 g/mol. The molecule has 9 heteroatoms. The molecule has 1 radical (unpaired) electrons. The van der Waals surface area contributed by atoms with E-state index in [4.69, 9.17) is 9.97 Å². The summed E-state index contributed by atoms with van der Waals surface area (Å²) in [6.45, 7) is 27.1. The van der Waals surface area contributed by atoms with Crippen molar-refractivity contribution in [1.29, 1.82) is 0 Å². The first-order chi connectivity index (χ1) is 26.2. The van der Waals surface area contributed by atoms with Gasteiger partial charge in [-0.2, -0.15) is 0 Å². The molecule has 5 heterocycles. The fraction of sp³-hybridized carbons (Fsp3) is 0.333. The van der Waals surface area contributed by atoms with Crippen LogP contribution in [0, 0.1) is 0 Å². The van der Waals surface area contributed by atoms with Crippen LogP contribution >= 0.6 is 0 Å². The number of fused-ring (bicyclic) bond motifs is 20. The zero-order valence-corrected chi connectivity index (χ0v) is 36.1. The molecule has 0 saturated heterocycles. The quantitative estimate of drug-likeness (QED) is 0.0852. The van der Waals surface area contributed by atoms with Gasteiger partial charge in [-0.3, -0.25) is 0 Å². The topological polar surface area (TPSA) is 108 Å². The number of H-pyrrole nitrogens is 2. The molecule has 57 heavy (non-hydrogen) atoms. The first-order valence-electron chi connectivity index (χ1n) is 19.8. The van der Waals surface area contributed by atoms with Gasteiger partial charge in [0.1, 0.15) is 0 Å². The summed E-state index contributed by atoms with van der Waals surface area (Å²) in [5, 5.41) is 23.7. The van der Waals surface area contributed by atoms with Crippen LogP contribution in [0.4, 0.5) is 46.5 Å². The Morgan fingerprint density at radius 1 is 0.316 bits per heavy atom. The number of nitrogens with one attached hydrogen (secondary N) is 6. The van der Waals surface area contributed by atoms with Gasteiger partial charge in [-0.25, -0.2) is 0 Å². The van der Waals surface area contributed by atoms with Crippen molar-refractivity contribution in [1.82, 2.24) is 19.9 Å². The van der Waals surface area contributed by atoms with Crippen molar-refractivity contribution in [3.63, 3.8) is 0 Å². The molecular formula is C48H54CuN8. The Labute approximate surface area is 346 Å². The second-order valence-electron chi connectivity index (χ2n) is 19.9. The van der Waals surface area contributed by atoms with Gasteiger partial charge in [0, 0.05) is 44.8 Å². The zero-order valence-electron chi connectivity index (χ0n) is 35.1. The van der Waals surface area contributed by atoms with Gasteiger partial charge < -0.3 is 41.2 Å². The van der Waals surface area contributed by atoms with E-state index in [2.05, 4.69) is 187 Å². The van der Waals surface area contributed by atoms with Crippen molar-refractivity contribution in [3.8, 4) is 0 Å². The predicted molar refractivity (Wildman–Crippen MR) is 239 cm³/mol. The normalized spacial score (nSPS) is 13.7. The number of aromatic amines is 2. The summed E-state index contributed by atoms with van der Waals surface area (Å²) in [5.41, 5.74) is 4.87. The van der Waals surface area contributed by atoms with Gasteiger partial charge in [0.15, 0.2) is 0 Å². The van der Waals surface area contributed by atoms with Crippen molar-refractivity contribution in [2.24, 2.45) is 0 Å². The molecule has 0 fully saturated rings. The molecule has 0 spiro atoms. The fourth-order valence-electron chi connectivity index (χ4n) is 7.93. The molecule has 0 unspecified atom stereocenters. The van der Waals surface area contributed by atoms with E-state index in [0.717, 1.165) is 89.6 Å². The number of benzene rings is 4. The maximum absolute atomic E-state index is 5.32. The van der Waals surface area contributed by atoms with Crippen molar-refractivity contribution in [2.75, 3.05) is 21.3 Å². The van der Waals surface area contributed by atoms with E-state index in [-0.39, 0.29) is 38.7 Å². The van der Waals surface area contributed by atoms with Gasteiger partial charge in [-0.1, -0.05) is 132 Å². The standard InChI is InChI=1S/C48H54N8.Cu/c1-45(2,3)25-13-17-29-33(21-25)41-49-37(29)54-42-35-23-27(47(7,8)9)15-19-31(35)39(51-42)56-44-36-24-28(48(10,11)12)16-20-32(36)40(52-44)55-43-34-22-26(46(4,5)6)14-18-30(34)38(50-43)53-41;/h13-24,49,52-56H,1-12H3;/q-2;+2. The summed E-state index contributed by atoms with van der Waals surface area (Å²) in [6.07, 6.45) is 0. The maximum atomic E-state index is 5.32. The van der Waals surface area contributed by atoms with Gasteiger partial charge in [0.2, 0.25) is 0 Å². The Hall–Kier alpha value is -5.24. The summed E-state index contributed by atoms with van der Waals surface area (Å²) in [5.74, 6) is 6.62. The summed E-state index contributed by atoms with van der Waals surface area (Å²) in [4.78, 5) is 18.2. The first-order valence-corrected chi connectivity index (χ1v) is 19.8. The van der Waals surface area contributed by atoms with Crippen molar-refractivity contribution >= 4 is 89.6 Å². The SMILES string of the molecule is CC(C)(C)c1ccc2c3[n-]c(c2c1)Nc1[nH]c(c2cc(C(C)(C)C)ccc12)Nc1[n-]c(c2cc(C(C)(C)C)ccc12)Nc1[nH]c(c2cc(C(C)(C)C)ccc12)N3.[Cu+2]. The molecule has 297 valence electrons. The molecule has 6 N–H and O–H groups in total. The third-order valence-corrected chi connectivity index (χ3v) is 11.6. The van der Waals surface area contributed by atoms with Crippen LogP contribution in [0.1, 0.15) is 105 Å². The molecule has 9 rings (SSSR count). The van der Waals surface area contributed by atoms with E-state index < -0.39 is 0 Å². The molecule has 0 aliphatic carbocycles. The maximum Gasteiger partial charge on any atom is 2.00 e. The van der Waals surface area contributed by atoms with Crippen LogP contribution in [0.3, 0.4) is 0 Å². The van der Waals surface area contributed by atoms with E-state index in [0.29, 0.717) is 0 Å². The summed E-state index contributed by atoms with van der Waals surface area (Å²) >= 11 is 0. The Bertz CT molecular complexity index is 2460. The molecule has 0 saturated carbocycles. The third-order valence-electron chi connectivity index (χ3n) is 11.6. The Morgan fingerprint density at radius 2 is 0.561 bits per heavy atom. The van der Waals surface area contributed by atoms with Crippen molar-refractivity contribution in [3.05, 3.63) is 95.1 Å². The Morgan fingerprint density at radius 3 is 0.860 bits per heavy atom. The average Bonchev–Trinajstić information content (AvgIpc) is 3.84. The minimum absolute atomic E-state index is 0. The summed E-state index contributed by atoms with van der Waals surface area (Å²) in [7, 11) is 0. The van der Waals surface area contributed by atoms with Gasteiger partial charge in [-0.15, -0.1) is 0 Å². The second-order valence-corrected chi connectivity index (χ2v) is 19.9. The molecule has 0 amide bonds. The smallest absolute Gasteiger partial charge is 0.400 e. The van der Waals surface area contributed by atoms with Crippen LogP contribution in [0.25, 0.3) is 43.1 Å². The molecule has 8 nitrogen and oxygen atoms in total. The van der Waals surface area contributed by atoms with E-state index in [9.17, 15) is 0 Å². The third kappa shape index (κ3) is 6.65. The summed E-state index contributed by atoms with van der Waals surface area (Å²) in [6, 6.07) is 27.0. The molecule has 4 aromatic carbocycles. The van der Waals surface area contributed by atoms with Crippen LogP contribution in [0.15, 0.2) is 72.8 Å². The minimum atomic E-state index is -0.0353. The number of hydrogen-bond acceptors (Lipinski definition) is 4. The Kier molecular flexibility index (Phi) is 8.73. The van der Waals surface area contributed by atoms with Crippen LogP contribution in [0.5, 0.6) is 0 Å². The predicted octanol–water partition coefficient (Wildman–Crippen LogP) is 13.3. The van der Waals surface area contributed by atoms with Crippen molar-refractivity contribution in [2.45, 2.75) is 105 Å². The van der Waals surface area contributed by atoms with Gasteiger partial charge in [0.05, 0.1) is 23.3 Å². The first kappa shape index (κ1) is 38.6. The van der Waals surface area contributed by atoms with E-state index in [1.165, 1.54) is 22.3 Å². The van der Waals surface area contributed by atoms with E-state index >= 15 is 0 Å². The minimum Gasteiger partial charge on any atom is -0.400 e. The van der Waals surface area contributed by atoms with Crippen LogP contribution in [0.2, 0.25) is 0 Å². The van der Waals surface area contributed by atoms with Crippen LogP contribution in [-0.4, -0.2) is 9.97 Å². The van der Waals surface area contributed by atoms with Gasteiger partial charge in [0.25, 0.3) is 0 Å². The Balaban J connectivity index is 0.00000455. The molecule has 8 aromatic rings. The number of rotatable bonds is 0. The number of aromatic nitrogens is 4. The second kappa shape index (κ2) is 12.9. The molecule has 1 aliphatic heterocycles. The number of hydrogen-bond donors (Lipinski definition) is 6. The fourth-order valence-corrected chi connectivity index (χ4v) is 7.93. The molecule has 0 atom stereocenters. The largest absolute Gasteiger partial charge is 2.00 e. The van der Waals surface area contributed by atoms with Gasteiger partial charge >= 0.3 is 17.1 Å². The van der Waals surface area contributed by atoms with Crippen molar-refractivity contribution < 1.29 is 17.1 Å². The molecule has 4 aromatic heterocycles. The van der Waals surface area contributed by atoms with E-state index in [1.807, 2.05) is 0 Å². The number of nitrogens with zero attached hydrogens (tertiary/aromatic N) is 2. The van der Waals surface area contributed by atoms with Gasteiger partial charge in [-0.05, 0) is 89.7 Å². The van der Waals surface area contributed by atoms with Crippen LogP contribution < -0.4 is 31.2 Å². The van der Waals surface area contributed by atoms with E-state index in [1.54, 1.807) is 0 Å². The monoisotopic (exact) mass is 805 g/mol. The average molecular weight is 807 g/mol. The zero-order chi connectivity index (χ0) is 39.7. The molecule has 8 bridgehead atoms. The molecule has 1 aliphatic rings. The number of anilines is 8.